The summed E-state index contributed by atoms with van der Waals surface area (Å²) in [4.78, 5) is 4.98. The van der Waals surface area contributed by atoms with Gasteiger partial charge in [0.25, 0.3) is 0 Å². The molecule has 0 unspecified atom stereocenters. The zero-order valence-corrected chi connectivity index (χ0v) is 53.1. The van der Waals surface area contributed by atoms with Crippen LogP contribution < -0.4 is 9.80 Å². The normalized spacial score (nSPS) is 11.9. The molecule has 0 bridgehead atoms. The molecule has 0 saturated carbocycles. The van der Waals surface area contributed by atoms with Crippen molar-refractivity contribution >= 4 is 101 Å². The van der Waals surface area contributed by atoms with Crippen LogP contribution in [0.4, 0.5) is 34.1 Å². The van der Waals surface area contributed by atoms with Crippen molar-refractivity contribution in [1.29, 1.82) is 0 Å². The first-order chi connectivity index (χ1) is 42.3. The molecule has 0 aliphatic heterocycles. The van der Waals surface area contributed by atoms with Crippen LogP contribution in [0.1, 0.15) is 119 Å². The largest absolute Gasteiger partial charge is 0.310 e. The van der Waals surface area contributed by atoms with Gasteiger partial charge in [0.05, 0.1) is 11.4 Å². The summed E-state index contributed by atoms with van der Waals surface area (Å²) < 4.78 is 0. The average Bonchev–Trinajstić information content (AvgIpc) is 0.699. The molecule has 2 nitrogen and oxygen atoms in total. The van der Waals surface area contributed by atoms with E-state index < -0.39 is 0 Å². The Morgan fingerprint density at radius 1 is 0.273 bits per heavy atom. The molecule has 0 spiro atoms. The van der Waals surface area contributed by atoms with Gasteiger partial charge < -0.3 is 9.80 Å². The SMILES string of the molecule is Cc1ccc(C(=Cc2ccc(N(c3ccc(C)cc3)c3ccc4c5c(C(C)(C)C)cc(N(c6ccc(C)cc6)c6ccc(C=C(c7ccc(C)cc7)c7ccc(C)cc7)cc6)c6cccc(c7c(C(C)(C)C)ccc3c47)c65)cc2)c2ccc(C)cc2)cc1. The van der Waals surface area contributed by atoms with Gasteiger partial charge in [-0.05, 0) is 213 Å². The molecule has 0 aliphatic carbocycles. The van der Waals surface area contributed by atoms with Gasteiger partial charge in [-0.1, -0.05) is 257 Å². The zero-order valence-electron chi connectivity index (χ0n) is 53.1. The summed E-state index contributed by atoms with van der Waals surface area (Å²) in [5.74, 6) is 0. The minimum atomic E-state index is -0.242. The standard InChI is InChI=1S/C86H78N2/c1-55-16-32-63(33-17-55)75(64-34-18-56(2)19-35-64)52-61-28-44-69(45-29-61)87(67-40-24-59(5)25-41-67)79-51-49-74-82-72(79)48-50-77(85(7,8)9)83(82)73-15-13-14-71-80(54-78(86(10,11)12)84(74)81(71)73)88(68-42-26-60(6)27-43-68)70-46-30-62(31-47-70)53-76(65-36-20-57(3)21-37-65)66-38-22-58(4)23-39-66/h13-54H,1-12H3. The van der Waals surface area contributed by atoms with Crippen molar-refractivity contribution in [3.8, 4) is 0 Å². The van der Waals surface area contributed by atoms with Crippen molar-refractivity contribution in [3.63, 3.8) is 0 Å². The molecule has 0 heterocycles. The molecule has 0 saturated heterocycles. The second-order valence-electron chi connectivity index (χ2n) is 26.7. The topological polar surface area (TPSA) is 6.48 Å². The lowest BCUT2D eigenvalue weighted by Gasteiger charge is -2.33. The Bertz CT molecular complexity index is 4640. The molecule has 13 rings (SSSR count). The Kier molecular flexibility index (Phi) is 14.9. The highest BCUT2D eigenvalue weighted by atomic mass is 15.1. The fraction of sp³-hybridized carbons (Fsp3) is 0.163. The Balaban J connectivity index is 1.01. The van der Waals surface area contributed by atoms with Gasteiger partial charge in [-0.3, -0.25) is 0 Å². The third-order valence-electron chi connectivity index (χ3n) is 17.9. The van der Waals surface area contributed by atoms with Crippen LogP contribution in [0.3, 0.4) is 0 Å². The van der Waals surface area contributed by atoms with E-state index in [0.717, 1.165) is 45.3 Å². The van der Waals surface area contributed by atoms with Crippen LogP contribution in [0.15, 0.2) is 243 Å². The van der Waals surface area contributed by atoms with Crippen LogP contribution in [0, 0.1) is 41.5 Å². The van der Waals surface area contributed by atoms with Crippen LogP contribution >= 0.6 is 0 Å². The van der Waals surface area contributed by atoms with Crippen LogP contribution in [0.25, 0.3) is 66.4 Å². The fourth-order valence-electron chi connectivity index (χ4n) is 13.1. The molecule has 2 heteroatoms. The molecule has 432 valence electrons. The van der Waals surface area contributed by atoms with E-state index in [9.17, 15) is 0 Å². The third-order valence-corrected chi connectivity index (χ3v) is 17.9. The van der Waals surface area contributed by atoms with E-state index in [4.69, 9.17) is 0 Å². The van der Waals surface area contributed by atoms with Crippen LogP contribution in [0.5, 0.6) is 0 Å². The molecule has 88 heavy (non-hydrogen) atoms. The van der Waals surface area contributed by atoms with Gasteiger partial charge >= 0.3 is 0 Å². The van der Waals surface area contributed by atoms with Crippen molar-refractivity contribution in [2.24, 2.45) is 0 Å². The van der Waals surface area contributed by atoms with E-state index in [2.05, 4.69) is 348 Å². The van der Waals surface area contributed by atoms with Gasteiger partial charge in [0.2, 0.25) is 0 Å². The Hall–Kier alpha value is -9.76. The maximum absolute atomic E-state index is 2.53. The molecule has 13 aromatic rings. The number of aryl methyl sites for hydroxylation is 6. The van der Waals surface area contributed by atoms with Gasteiger partial charge in [-0.2, -0.15) is 0 Å². The minimum Gasteiger partial charge on any atom is -0.310 e. The first-order valence-corrected chi connectivity index (χ1v) is 31.2. The van der Waals surface area contributed by atoms with Gasteiger partial charge in [0, 0.05) is 33.5 Å². The summed E-state index contributed by atoms with van der Waals surface area (Å²) in [6, 6.07) is 91.4. The number of fused-ring (bicyclic) bond motifs is 2. The summed E-state index contributed by atoms with van der Waals surface area (Å²) in [5, 5.41) is 10.2. The fourth-order valence-corrected chi connectivity index (χ4v) is 13.1. The highest BCUT2D eigenvalue weighted by molar-refractivity contribution is 6.37. The van der Waals surface area contributed by atoms with Crippen molar-refractivity contribution in [2.45, 2.75) is 93.9 Å². The smallest absolute Gasteiger partial charge is 0.0543 e. The molecular weight excluding hydrogens is 1060 g/mol. The summed E-state index contributed by atoms with van der Waals surface area (Å²) in [6.07, 6.45) is 4.68. The van der Waals surface area contributed by atoms with Crippen LogP contribution in [-0.4, -0.2) is 0 Å². The first-order valence-electron chi connectivity index (χ1n) is 31.2. The highest BCUT2D eigenvalue weighted by Gasteiger charge is 2.30. The van der Waals surface area contributed by atoms with Crippen LogP contribution in [0.2, 0.25) is 0 Å². The molecule has 0 aliphatic rings. The number of anilines is 6. The lowest BCUT2D eigenvalue weighted by Crippen LogP contribution is -2.17. The number of rotatable bonds is 12. The maximum atomic E-state index is 2.53. The number of hydrogen-bond acceptors (Lipinski definition) is 2. The van der Waals surface area contributed by atoms with Crippen molar-refractivity contribution in [1.82, 2.24) is 0 Å². The molecule has 13 aromatic carbocycles. The maximum Gasteiger partial charge on any atom is 0.0543 e. The molecule has 0 N–H and O–H groups in total. The van der Waals surface area contributed by atoms with Gasteiger partial charge in [-0.25, -0.2) is 0 Å². The van der Waals surface area contributed by atoms with Crippen molar-refractivity contribution in [3.05, 3.63) is 321 Å². The van der Waals surface area contributed by atoms with Gasteiger partial charge in [-0.15, -0.1) is 0 Å². The van der Waals surface area contributed by atoms with E-state index >= 15 is 0 Å². The lowest BCUT2D eigenvalue weighted by molar-refractivity contribution is 0.595. The number of nitrogens with zero attached hydrogens (tertiary/aromatic N) is 2. The van der Waals surface area contributed by atoms with Crippen LogP contribution in [-0.2, 0) is 10.8 Å². The van der Waals surface area contributed by atoms with E-state index in [1.807, 2.05) is 0 Å². The third kappa shape index (κ3) is 11.0. The Morgan fingerprint density at radius 3 is 0.943 bits per heavy atom. The van der Waals surface area contributed by atoms with Crippen molar-refractivity contribution in [2.75, 3.05) is 9.80 Å². The summed E-state index contributed by atoms with van der Waals surface area (Å²) in [6.45, 7) is 27.3. The average molecular weight is 1140 g/mol. The van der Waals surface area contributed by atoms with E-state index in [0.29, 0.717) is 0 Å². The number of hydrogen-bond donors (Lipinski definition) is 0. The minimum absolute atomic E-state index is 0.167. The van der Waals surface area contributed by atoms with E-state index in [1.165, 1.54) is 121 Å². The molecule has 0 atom stereocenters. The molecule has 0 aromatic heterocycles. The quantitative estimate of drug-likeness (QED) is 0.0683. The Morgan fingerprint density at radius 2 is 0.568 bits per heavy atom. The van der Waals surface area contributed by atoms with Gasteiger partial charge in [0.15, 0.2) is 0 Å². The van der Waals surface area contributed by atoms with E-state index in [-0.39, 0.29) is 10.8 Å². The second kappa shape index (κ2) is 22.8. The predicted molar refractivity (Wildman–Crippen MR) is 383 cm³/mol. The zero-order chi connectivity index (χ0) is 61.2. The summed E-state index contributed by atoms with van der Waals surface area (Å²) in [7, 11) is 0. The monoisotopic (exact) mass is 1140 g/mol. The van der Waals surface area contributed by atoms with E-state index in [1.54, 1.807) is 0 Å². The second-order valence-corrected chi connectivity index (χ2v) is 26.7. The first kappa shape index (κ1) is 57.3. The summed E-state index contributed by atoms with van der Waals surface area (Å²) >= 11 is 0. The number of benzene rings is 13. The Labute approximate surface area is 521 Å². The summed E-state index contributed by atoms with van der Waals surface area (Å²) in [5.41, 5.74) is 25.9. The van der Waals surface area contributed by atoms with Gasteiger partial charge in [0.1, 0.15) is 0 Å². The molecule has 0 radical (unpaired) electrons. The molecule has 0 amide bonds. The lowest BCUT2D eigenvalue weighted by atomic mass is 9.75. The predicted octanol–water partition coefficient (Wildman–Crippen LogP) is 24.3. The highest BCUT2D eigenvalue weighted by Crippen LogP contribution is 2.53. The van der Waals surface area contributed by atoms with Crippen molar-refractivity contribution < 1.29 is 0 Å². The molecular formula is C86H78N2. The molecule has 0 fully saturated rings.